The fraction of sp³-hybridized carbons (Fsp3) is 0.421. The molecular formula is C38H47N3O3. The van der Waals surface area contributed by atoms with Gasteiger partial charge in [-0.2, -0.15) is 0 Å². The number of aryl methyl sites for hydroxylation is 1. The van der Waals surface area contributed by atoms with Crippen molar-refractivity contribution in [1.82, 2.24) is 15.1 Å². The zero-order chi connectivity index (χ0) is 31.4. The zero-order valence-corrected chi connectivity index (χ0v) is 27.2. The molecule has 2 unspecified atom stereocenters. The predicted molar refractivity (Wildman–Crippen MR) is 178 cm³/mol. The standard InChI is InChI=1S/C38H47N3O3/c1-26-12-17-35(33(22-26)38(3,4)5)44-21-19-29-13-15-30(16-14-29)32-23-31-24-41(27(2)42)25-34(39-31)36(32)37(43)40(6)20-18-28-10-8-7-9-11-28/h7-17,22,31,34,39H,18-21,23-25H2,1-6H3. The molecule has 5 rings (SSSR count). The number of hydrogen-bond acceptors (Lipinski definition) is 4. The lowest BCUT2D eigenvalue weighted by Gasteiger charge is -2.44. The molecule has 3 aromatic carbocycles. The topological polar surface area (TPSA) is 61.9 Å². The second kappa shape index (κ2) is 13.4. The van der Waals surface area contributed by atoms with Crippen molar-refractivity contribution in [1.29, 1.82) is 0 Å². The van der Waals surface area contributed by atoms with E-state index in [4.69, 9.17) is 4.74 Å². The Kier molecular flexibility index (Phi) is 9.59. The summed E-state index contributed by atoms with van der Waals surface area (Å²) in [4.78, 5) is 30.1. The number of rotatable bonds is 9. The van der Waals surface area contributed by atoms with Crippen LogP contribution in [0.5, 0.6) is 5.75 Å². The van der Waals surface area contributed by atoms with Gasteiger partial charge >= 0.3 is 0 Å². The SMILES string of the molecule is CC(=O)N1CC2CC(c3ccc(CCOc4ccc(C)cc4C(C)(C)C)cc3)=C(C(=O)N(C)CCc3ccccc3)C(C1)N2. The molecular weight excluding hydrogens is 546 g/mol. The van der Waals surface area contributed by atoms with Crippen LogP contribution in [-0.4, -0.2) is 67.0 Å². The Bertz CT molecular complexity index is 1500. The monoisotopic (exact) mass is 593 g/mol. The average molecular weight is 594 g/mol. The number of amides is 2. The second-order valence-corrected chi connectivity index (χ2v) is 13.4. The smallest absolute Gasteiger partial charge is 0.251 e. The van der Waals surface area contributed by atoms with Gasteiger partial charge in [-0.1, -0.05) is 93.1 Å². The van der Waals surface area contributed by atoms with Crippen LogP contribution in [0.3, 0.4) is 0 Å². The van der Waals surface area contributed by atoms with Gasteiger partial charge in [0.25, 0.3) is 5.91 Å². The first-order valence-corrected chi connectivity index (χ1v) is 15.9. The lowest BCUT2D eigenvalue weighted by Crippen LogP contribution is -2.61. The van der Waals surface area contributed by atoms with E-state index in [1.165, 1.54) is 22.3 Å². The summed E-state index contributed by atoms with van der Waals surface area (Å²) < 4.78 is 6.28. The van der Waals surface area contributed by atoms with E-state index < -0.39 is 0 Å². The van der Waals surface area contributed by atoms with E-state index in [9.17, 15) is 9.59 Å². The predicted octanol–water partition coefficient (Wildman–Crippen LogP) is 5.96. The molecule has 0 saturated carbocycles. The van der Waals surface area contributed by atoms with Crippen molar-refractivity contribution < 1.29 is 14.3 Å². The molecule has 0 aromatic heterocycles. The first-order valence-electron chi connectivity index (χ1n) is 15.9. The number of hydrogen-bond donors (Lipinski definition) is 1. The molecule has 44 heavy (non-hydrogen) atoms. The summed E-state index contributed by atoms with van der Waals surface area (Å²) in [7, 11) is 1.88. The van der Waals surface area contributed by atoms with Gasteiger partial charge in [0.2, 0.25) is 5.91 Å². The van der Waals surface area contributed by atoms with E-state index in [0.717, 1.165) is 35.3 Å². The molecule has 1 fully saturated rings. The third-order valence-corrected chi connectivity index (χ3v) is 8.90. The van der Waals surface area contributed by atoms with Gasteiger partial charge in [-0.05, 0) is 59.1 Å². The lowest BCUT2D eigenvalue weighted by molar-refractivity contribution is -0.132. The van der Waals surface area contributed by atoms with Gasteiger partial charge in [-0.15, -0.1) is 0 Å². The summed E-state index contributed by atoms with van der Waals surface area (Å²) in [6.45, 7) is 12.8. The van der Waals surface area contributed by atoms with E-state index in [2.05, 4.69) is 87.6 Å². The van der Waals surface area contributed by atoms with Crippen LogP contribution in [0, 0.1) is 6.92 Å². The van der Waals surface area contributed by atoms with Crippen LogP contribution < -0.4 is 10.1 Å². The van der Waals surface area contributed by atoms with E-state index >= 15 is 0 Å². The molecule has 232 valence electrons. The number of piperazine rings is 1. The molecule has 2 heterocycles. The maximum atomic E-state index is 14.0. The van der Waals surface area contributed by atoms with Crippen molar-refractivity contribution in [3.8, 4) is 5.75 Å². The van der Waals surface area contributed by atoms with Crippen molar-refractivity contribution in [2.45, 2.75) is 71.4 Å². The molecule has 0 spiro atoms. The van der Waals surface area contributed by atoms with Crippen molar-refractivity contribution in [2.75, 3.05) is 33.3 Å². The van der Waals surface area contributed by atoms with E-state index in [1.54, 1.807) is 6.92 Å². The quantitative estimate of drug-likeness (QED) is 0.333. The summed E-state index contributed by atoms with van der Waals surface area (Å²) in [6.07, 6.45) is 2.30. The molecule has 2 amide bonds. The van der Waals surface area contributed by atoms with Gasteiger partial charge in [-0.25, -0.2) is 0 Å². The molecule has 0 aliphatic carbocycles. The Labute approximate surface area is 263 Å². The molecule has 2 aliphatic heterocycles. The highest BCUT2D eigenvalue weighted by atomic mass is 16.5. The molecule has 2 bridgehead atoms. The van der Waals surface area contributed by atoms with Crippen LogP contribution in [0.15, 0.2) is 78.4 Å². The largest absolute Gasteiger partial charge is 0.493 e. The van der Waals surface area contributed by atoms with Gasteiger partial charge < -0.3 is 19.9 Å². The number of ether oxygens (including phenoxy) is 1. The van der Waals surface area contributed by atoms with Crippen LogP contribution in [0.25, 0.3) is 5.57 Å². The summed E-state index contributed by atoms with van der Waals surface area (Å²) in [5, 5.41) is 3.65. The molecule has 6 heteroatoms. The Morgan fingerprint density at radius 2 is 1.66 bits per heavy atom. The third-order valence-electron chi connectivity index (χ3n) is 8.90. The summed E-state index contributed by atoms with van der Waals surface area (Å²) in [5.74, 6) is 1.04. The molecule has 6 nitrogen and oxygen atoms in total. The number of nitrogens with one attached hydrogen (secondary N) is 1. The van der Waals surface area contributed by atoms with Gasteiger partial charge in [0.15, 0.2) is 0 Å². The molecule has 2 atom stereocenters. The first-order chi connectivity index (χ1) is 21.0. The summed E-state index contributed by atoms with van der Waals surface area (Å²) in [5.41, 5.74) is 7.84. The zero-order valence-electron chi connectivity index (χ0n) is 27.2. The Morgan fingerprint density at radius 1 is 0.955 bits per heavy atom. The minimum Gasteiger partial charge on any atom is -0.493 e. The molecule has 2 aliphatic rings. The van der Waals surface area contributed by atoms with Gasteiger partial charge in [0.1, 0.15) is 5.75 Å². The normalized spacial score (nSPS) is 18.3. The highest BCUT2D eigenvalue weighted by Crippen LogP contribution is 2.35. The first kappa shape index (κ1) is 31.5. The summed E-state index contributed by atoms with van der Waals surface area (Å²) in [6, 6.07) is 25.2. The summed E-state index contributed by atoms with van der Waals surface area (Å²) >= 11 is 0. The third kappa shape index (κ3) is 7.41. The fourth-order valence-electron chi connectivity index (χ4n) is 6.38. The van der Waals surface area contributed by atoms with Crippen LogP contribution in [0.1, 0.15) is 61.9 Å². The van der Waals surface area contributed by atoms with Crippen LogP contribution >= 0.6 is 0 Å². The van der Waals surface area contributed by atoms with Crippen molar-refractivity contribution in [2.24, 2.45) is 0 Å². The maximum Gasteiger partial charge on any atom is 0.251 e. The number of carbonyl (C=O) groups is 2. The number of fused-ring (bicyclic) bond motifs is 2. The second-order valence-electron chi connectivity index (χ2n) is 13.4. The minimum atomic E-state index is -0.187. The van der Waals surface area contributed by atoms with E-state index in [1.807, 2.05) is 35.0 Å². The molecule has 3 aromatic rings. The highest BCUT2D eigenvalue weighted by molar-refractivity contribution is 6.03. The van der Waals surface area contributed by atoms with E-state index in [-0.39, 0.29) is 29.3 Å². The van der Waals surface area contributed by atoms with Crippen LogP contribution in [-0.2, 0) is 27.8 Å². The van der Waals surface area contributed by atoms with E-state index in [0.29, 0.717) is 32.7 Å². The van der Waals surface area contributed by atoms with Gasteiger partial charge in [-0.3, -0.25) is 9.59 Å². The number of nitrogens with zero attached hydrogens (tertiary/aromatic N) is 2. The van der Waals surface area contributed by atoms with Gasteiger partial charge in [0.05, 0.1) is 12.6 Å². The Balaban J connectivity index is 1.34. The molecule has 1 saturated heterocycles. The number of benzene rings is 3. The molecule has 1 N–H and O–H groups in total. The van der Waals surface area contributed by atoms with Crippen molar-refractivity contribution in [3.05, 3.63) is 106 Å². The Hall–Kier alpha value is -3.90. The van der Waals surface area contributed by atoms with Crippen LogP contribution in [0.2, 0.25) is 0 Å². The van der Waals surface area contributed by atoms with Gasteiger partial charge in [0, 0.05) is 51.6 Å². The lowest BCUT2D eigenvalue weighted by atomic mass is 9.82. The number of likely N-dealkylation sites (N-methyl/N-ethyl adjacent to an activating group) is 1. The maximum absolute atomic E-state index is 14.0. The minimum absolute atomic E-state index is 0.0100. The number of carbonyl (C=O) groups excluding carboxylic acids is 2. The van der Waals surface area contributed by atoms with Crippen LogP contribution in [0.4, 0.5) is 0 Å². The average Bonchev–Trinajstić information content (AvgIpc) is 3.00. The van der Waals surface area contributed by atoms with Crippen molar-refractivity contribution in [3.63, 3.8) is 0 Å². The molecule has 0 radical (unpaired) electrons. The Morgan fingerprint density at radius 3 is 2.34 bits per heavy atom. The highest BCUT2D eigenvalue weighted by Gasteiger charge is 2.39. The van der Waals surface area contributed by atoms with Crippen molar-refractivity contribution >= 4 is 17.4 Å². The fourth-order valence-corrected chi connectivity index (χ4v) is 6.38.